The molecule has 1 aliphatic carbocycles. The predicted octanol–water partition coefficient (Wildman–Crippen LogP) is 3.46. The summed E-state index contributed by atoms with van der Waals surface area (Å²) in [6, 6.07) is -0.115. The molecule has 0 spiro atoms. The first-order chi connectivity index (χ1) is 11.9. The number of carbonyl (C=O) groups excluding carboxylic acids is 2. The van der Waals surface area contributed by atoms with Crippen LogP contribution in [0.2, 0.25) is 0 Å². The van der Waals surface area contributed by atoms with Crippen molar-refractivity contribution in [3.63, 3.8) is 0 Å². The van der Waals surface area contributed by atoms with E-state index < -0.39 is 18.4 Å². The van der Waals surface area contributed by atoms with Crippen molar-refractivity contribution in [3.05, 3.63) is 0 Å². The van der Waals surface area contributed by atoms with E-state index >= 15 is 0 Å². The summed E-state index contributed by atoms with van der Waals surface area (Å²) in [6.07, 6.45) is 3.50. The summed E-state index contributed by atoms with van der Waals surface area (Å²) in [5.74, 6) is -1.15. The number of esters is 1. The van der Waals surface area contributed by atoms with Crippen LogP contribution in [0.3, 0.4) is 0 Å². The molecule has 0 heterocycles. The molecule has 0 aliphatic heterocycles. The highest BCUT2D eigenvalue weighted by molar-refractivity contribution is 5.71. The lowest BCUT2D eigenvalue weighted by atomic mass is 9.79. The van der Waals surface area contributed by atoms with Crippen LogP contribution in [0, 0.1) is 11.8 Å². The Morgan fingerprint density at radius 1 is 1.08 bits per heavy atom. The Kier molecular flexibility index (Phi) is 9.31. The monoisotopic (exact) mass is 357 g/mol. The second kappa shape index (κ2) is 10.9. The second-order valence-corrected chi connectivity index (χ2v) is 6.75. The van der Waals surface area contributed by atoms with Crippen LogP contribution in [-0.2, 0) is 19.1 Å². The fourth-order valence-corrected chi connectivity index (χ4v) is 3.11. The second-order valence-electron chi connectivity index (χ2n) is 6.75. The van der Waals surface area contributed by atoms with Crippen molar-refractivity contribution >= 4 is 18.0 Å². The molecule has 2 N–H and O–H groups in total. The molecule has 0 aromatic heterocycles. The first-order valence-electron chi connectivity index (χ1n) is 9.26. The molecule has 7 nitrogen and oxygen atoms in total. The Labute approximate surface area is 149 Å². The molecule has 0 bridgehead atoms. The number of rotatable bonds is 9. The summed E-state index contributed by atoms with van der Waals surface area (Å²) < 4.78 is 10.4. The molecule has 1 aliphatic rings. The average molecular weight is 357 g/mol. The van der Waals surface area contributed by atoms with Crippen LogP contribution in [0.1, 0.15) is 72.1 Å². The highest BCUT2D eigenvalue weighted by Crippen LogP contribution is 2.31. The van der Waals surface area contributed by atoms with Crippen molar-refractivity contribution in [2.24, 2.45) is 11.8 Å². The van der Waals surface area contributed by atoms with Gasteiger partial charge in [0.2, 0.25) is 6.29 Å². The first kappa shape index (κ1) is 21.3. The van der Waals surface area contributed by atoms with Crippen LogP contribution in [0.25, 0.3) is 0 Å². The molecule has 7 heteroatoms. The number of carboxylic acids is 1. The number of amides is 1. The van der Waals surface area contributed by atoms with Crippen LogP contribution in [-0.4, -0.2) is 35.5 Å². The third kappa shape index (κ3) is 7.75. The SMILES string of the molecule is CCCC(=O)OC(CCC)OC(=O)NC(C)[C@H]1CC[C@H](C(=O)O)CC1. The summed E-state index contributed by atoms with van der Waals surface area (Å²) in [4.78, 5) is 34.7. The summed E-state index contributed by atoms with van der Waals surface area (Å²) in [7, 11) is 0. The number of hydrogen-bond acceptors (Lipinski definition) is 5. The van der Waals surface area contributed by atoms with Gasteiger partial charge in [0.15, 0.2) is 0 Å². The fourth-order valence-electron chi connectivity index (χ4n) is 3.11. The highest BCUT2D eigenvalue weighted by atomic mass is 16.7. The predicted molar refractivity (Wildman–Crippen MR) is 91.9 cm³/mol. The van der Waals surface area contributed by atoms with Gasteiger partial charge < -0.3 is 19.9 Å². The van der Waals surface area contributed by atoms with Gasteiger partial charge in [-0.25, -0.2) is 4.79 Å². The van der Waals surface area contributed by atoms with E-state index in [1.165, 1.54) is 0 Å². The Bertz CT molecular complexity index is 445. The molecule has 1 fully saturated rings. The van der Waals surface area contributed by atoms with E-state index in [0.29, 0.717) is 32.1 Å². The van der Waals surface area contributed by atoms with E-state index in [0.717, 1.165) is 19.3 Å². The number of hydrogen-bond donors (Lipinski definition) is 2. The Morgan fingerprint density at radius 3 is 2.24 bits per heavy atom. The zero-order valence-corrected chi connectivity index (χ0v) is 15.5. The molecule has 0 aromatic carbocycles. The largest absolute Gasteiger partial charge is 0.481 e. The zero-order chi connectivity index (χ0) is 18.8. The average Bonchev–Trinajstić information content (AvgIpc) is 2.55. The molecular formula is C18H31NO6. The third-order valence-electron chi connectivity index (χ3n) is 4.65. The fraction of sp³-hybridized carbons (Fsp3) is 0.833. The van der Waals surface area contributed by atoms with Gasteiger partial charge in [0.1, 0.15) is 0 Å². The minimum absolute atomic E-state index is 0.115. The molecule has 2 unspecified atom stereocenters. The minimum Gasteiger partial charge on any atom is -0.481 e. The van der Waals surface area contributed by atoms with Gasteiger partial charge in [-0.2, -0.15) is 0 Å². The molecule has 25 heavy (non-hydrogen) atoms. The topological polar surface area (TPSA) is 102 Å². The van der Waals surface area contributed by atoms with Crippen molar-refractivity contribution < 1.29 is 29.0 Å². The van der Waals surface area contributed by atoms with Crippen LogP contribution in [0.4, 0.5) is 4.79 Å². The van der Waals surface area contributed by atoms with Crippen LogP contribution >= 0.6 is 0 Å². The van der Waals surface area contributed by atoms with E-state index in [1.807, 2.05) is 20.8 Å². The summed E-state index contributed by atoms with van der Waals surface area (Å²) in [5, 5.41) is 11.8. The Hall–Kier alpha value is -1.79. The lowest BCUT2D eigenvalue weighted by Gasteiger charge is -2.31. The molecular weight excluding hydrogens is 326 g/mol. The van der Waals surface area contributed by atoms with E-state index in [4.69, 9.17) is 14.6 Å². The number of ether oxygens (including phenoxy) is 2. The van der Waals surface area contributed by atoms with E-state index in [2.05, 4.69) is 5.32 Å². The number of nitrogens with one attached hydrogen (secondary N) is 1. The molecule has 1 rings (SSSR count). The van der Waals surface area contributed by atoms with Crippen molar-refractivity contribution in [1.82, 2.24) is 5.32 Å². The minimum atomic E-state index is -0.862. The maximum Gasteiger partial charge on any atom is 0.410 e. The Balaban J connectivity index is 2.42. The summed E-state index contributed by atoms with van der Waals surface area (Å²) >= 11 is 0. The van der Waals surface area contributed by atoms with Crippen LogP contribution in [0.5, 0.6) is 0 Å². The van der Waals surface area contributed by atoms with Gasteiger partial charge >= 0.3 is 18.0 Å². The smallest absolute Gasteiger partial charge is 0.410 e. The van der Waals surface area contributed by atoms with Gasteiger partial charge in [-0.1, -0.05) is 13.8 Å². The van der Waals surface area contributed by atoms with Crippen molar-refractivity contribution in [2.75, 3.05) is 0 Å². The van der Waals surface area contributed by atoms with Crippen molar-refractivity contribution in [3.8, 4) is 0 Å². The maximum absolute atomic E-state index is 12.1. The highest BCUT2D eigenvalue weighted by Gasteiger charge is 2.30. The van der Waals surface area contributed by atoms with Gasteiger partial charge in [0, 0.05) is 18.9 Å². The number of carboxylic acid groups (broad SMARTS) is 1. The van der Waals surface area contributed by atoms with E-state index in [9.17, 15) is 14.4 Å². The maximum atomic E-state index is 12.1. The third-order valence-corrected chi connectivity index (χ3v) is 4.65. The van der Waals surface area contributed by atoms with E-state index in [1.54, 1.807) is 0 Å². The molecule has 0 saturated heterocycles. The summed E-state index contributed by atoms with van der Waals surface area (Å²) in [6.45, 7) is 5.70. The van der Waals surface area contributed by atoms with Crippen molar-refractivity contribution in [2.45, 2.75) is 84.5 Å². The number of aliphatic carboxylic acids is 1. The number of alkyl carbamates (subject to hydrolysis) is 1. The van der Waals surface area contributed by atoms with E-state index in [-0.39, 0.29) is 23.8 Å². The van der Waals surface area contributed by atoms with Crippen molar-refractivity contribution in [1.29, 1.82) is 0 Å². The van der Waals surface area contributed by atoms with Gasteiger partial charge in [0.05, 0.1) is 5.92 Å². The zero-order valence-electron chi connectivity index (χ0n) is 15.5. The lowest BCUT2D eigenvalue weighted by molar-refractivity contribution is -0.169. The normalized spacial score (nSPS) is 22.5. The molecule has 0 aromatic rings. The summed E-state index contributed by atoms with van der Waals surface area (Å²) in [5.41, 5.74) is 0. The Morgan fingerprint density at radius 2 is 1.72 bits per heavy atom. The van der Waals surface area contributed by atoms with Crippen LogP contribution in [0.15, 0.2) is 0 Å². The van der Waals surface area contributed by atoms with Gasteiger partial charge in [-0.05, 0) is 51.4 Å². The van der Waals surface area contributed by atoms with Gasteiger partial charge in [-0.15, -0.1) is 0 Å². The molecule has 1 saturated carbocycles. The first-order valence-corrected chi connectivity index (χ1v) is 9.26. The molecule has 1 amide bonds. The number of carbonyl (C=O) groups is 3. The lowest BCUT2D eigenvalue weighted by Crippen LogP contribution is -2.42. The quantitative estimate of drug-likeness (QED) is 0.484. The molecule has 0 radical (unpaired) electrons. The van der Waals surface area contributed by atoms with Gasteiger partial charge in [-0.3, -0.25) is 9.59 Å². The molecule has 144 valence electrons. The van der Waals surface area contributed by atoms with Gasteiger partial charge in [0.25, 0.3) is 0 Å². The van der Waals surface area contributed by atoms with Crippen LogP contribution < -0.4 is 5.32 Å². The molecule has 2 atom stereocenters. The standard InChI is InChI=1S/C18H31NO6/c1-4-6-15(20)24-16(7-5-2)25-18(23)19-12(3)13-8-10-14(11-9-13)17(21)22/h12-14,16H,4-11H2,1-3H3,(H,19,23)(H,21,22)/t12?,13-,14-,16?.